The van der Waals surface area contributed by atoms with Crippen LogP contribution in [0.15, 0.2) is 41.2 Å². The van der Waals surface area contributed by atoms with Crippen molar-refractivity contribution in [1.82, 2.24) is 10.3 Å². The summed E-state index contributed by atoms with van der Waals surface area (Å²) in [7, 11) is 0. The van der Waals surface area contributed by atoms with Gasteiger partial charge in [0.2, 0.25) is 0 Å². The Labute approximate surface area is 135 Å². The van der Waals surface area contributed by atoms with Gasteiger partial charge in [-0.05, 0) is 56.7 Å². The summed E-state index contributed by atoms with van der Waals surface area (Å²) in [5.41, 5.74) is 3.19. The van der Waals surface area contributed by atoms with Gasteiger partial charge in [0.15, 0.2) is 0 Å². The molecular weight excluding hydrogens is 288 g/mol. The summed E-state index contributed by atoms with van der Waals surface area (Å²) >= 11 is 0. The molecule has 0 unspecified atom stereocenters. The molecule has 0 aliphatic heterocycles. The van der Waals surface area contributed by atoms with Crippen LogP contribution in [-0.4, -0.2) is 16.9 Å². The van der Waals surface area contributed by atoms with E-state index >= 15 is 0 Å². The first-order valence-corrected chi connectivity index (χ1v) is 8.03. The highest BCUT2D eigenvalue weighted by molar-refractivity contribution is 5.94. The Morgan fingerprint density at radius 3 is 2.74 bits per heavy atom. The number of hydrogen-bond donors (Lipinski definition) is 2. The minimum Gasteiger partial charge on any atom is -0.349 e. The average Bonchev–Trinajstić information content (AvgIpc) is 3.27. The zero-order chi connectivity index (χ0) is 16.6. The van der Waals surface area contributed by atoms with Crippen molar-refractivity contribution in [2.45, 2.75) is 39.2 Å². The molecule has 2 N–H and O–H groups in total. The fourth-order valence-corrected chi connectivity index (χ4v) is 3.19. The fourth-order valence-electron chi connectivity index (χ4n) is 3.19. The summed E-state index contributed by atoms with van der Waals surface area (Å²) in [4.78, 5) is 26.8. The third-order valence-corrected chi connectivity index (χ3v) is 4.61. The number of amides is 1. The van der Waals surface area contributed by atoms with Crippen molar-refractivity contribution in [1.29, 1.82) is 0 Å². The molecule has 4 heteroatoms. The van der Waals surface area contributed by atoms with Crippen LogP contribution in [0.4, 0.5) is 0 Å². The van der Waals surface area contributed by atoms with Crippen LogP contribution >= 0.6 is 0 Å². The molecule has 1 aromatic heterocycles. The van der Waals surface area contributed by atoms with Gasteiger partial charge in [-0.15, -0.1) is 0 Å². The molecule has 0 saturated heterocycles. The quantitative estimate of drug-likeness (QED) is 0.912. The molecule has 1 heterocycles. The van der Waals surface area contributed by atoms with Gasteiger partial charge in [-0.25, -0.2) is 0 Å². The summed E-state index contributed by atoms with van der Waals surface area (Å²) in [5, 5.41) is 2.97. The largest absolute Gasteiger partial charge is 0.349 e. The van der Waals surface area contributed by atoms with Gasteiger partial charge in [0.1, 0.15) is 5.56 Å². The van der Waals surface area contributed by atoms with Gasteiger partial charge in [0.25, 0.3) is 11.5 Å². The van der Waals surface area contributed by atoms with E-state index < -0.39 is 0 Å². The van der Waals surface area contributed by atoms with Gasteiger partial charge in [-0.3, -0.25) is 9.59 Å². The zero-order valence-electron chi connectivity index (χ0n) is 13.7. The predicted octanol–water partition coefficient (Wildman–Crippen LogP) is 2.91. The number of aromatic nitrogens is 1. The van der Waals surface area contributed by atoms with E-state index in [2.05, 4.69) is 41.5 Å². The van der Waals surface area contributed by atoms with E-state index in [0.717, 1.165) is 12.1 Å². The summed E-state index contributed by atoms with van der Waals surface area (Å²) in [5.74, 6) is 0.639. The van der Waals surface area contributed by atoms with Crippen LogP contribution in [0.1, 0.15) is 46.4 Å². The van der Waals surface area contributed by atoms with Crippen molar-refractivity contribution in [3.63, 3.8) is 0 Å². The Hall–Kier alpha value is -2.36. The highest BCUT2D eigenvalue weighted by atomic mass is 16.2. The van der Waals surface area contributed by atoms with Crippen LogP contribution in [0.25, 0.3) is 0 Å². The minimum atomic E-state index is -0.333. The monoisotopic (exact) mass is 310 g/mol. The predicted molar refractivity (Wildman–Crippen MR) is 90.8 cm³/mol. The molecule has 3 atom stereocenters. The molecule has 2 aromatic rings. The van der Waals surface area contributed by atoms with E-state index in [0.29, 0.717) is 11.8 Å². The molecule has 1 aliphatic rings. The molecule has 1 aliphatic carbocycles. The second kappa shape index (κ2) is 6.03. The van der Waals surface area contributed by atoms with Crippen LogP contribution in [0.5, 0.6) is 0 Å². The maximum Gasteiger partial charge on any atom is 0.260 e. The maximum absolute atomic E-state index is 12.3. The molecular formula is C19H22N2O2. The standard InChI is InChI=1S/C19H22N2O2/c1-11-5-4-6-14(9-11)17-10-16(17)13(3)21-19(23)15-8-7-12(2)20-18(15)22/h4-9,13,16-17H,10H2,1-3H3,(H,20,22)(H,21,23)/t13-,16-,17-/m0/s1. The molecule has 120 valence electrons. The van der Waals surface area contributed by atoms with Crippen molar-refractivity contribution in [2.24, 2.45) is 5.92 Å². The lowest BCUT2D eigenvalue weighted by molar-refractivity contribution is 0.0934. The molecule has 4 nitrogen and oxygen atoms in total. The molecule has 1 amide bonds. The van der Waals surface area contributed by atoms with Gasteiger partial charge in [0.05, 0.1) is 0 Å². The molecule has 0 spiro atoms. The van der Waals surface area contributed by atoms with E-state index in [1.807, 2.05) is 6.92 Å². The van der Waals surface area contributed by atoms with Gasteiger partial charge < -0.3 is 10.3 Å². The Morgan fingerprint density at radius 2 is 2.04 bits per heavy atom. The van der Waals surface area contributed by atoms with Crippen LogP contribution in [-0.2, 0) is 0 Å². The number of aryl methyl sites for hydroxylation is 2. The minimum absolute atomic E-state index is 0.0497. The van der Waals surface area contributed by atoms with Gasteiger partial charge in [-0.2, -0.15) is 0 Å². The number of benzene rings is 1. The molecule has 1 fully saturated rings. The number of carbonyl (C=O) groups is 1. The Kier molecular flexibility index (Phi) is 4.07. The maximum atomic E-state index is 12.3. The number of carbonyl (C=O) groups excluding carboxylic acids is 1. The lowest BCUT2D eigenvalue weighted by Gasteiger charge is -2.14. The van der Waals surface area contributed by atoms with Crippen LogP contribution in [0.2, 0.25) is 0 Å². The van der Waals surface area contributed by atoms with E-state index in [4.69, 9.17) is 0 Å². The highest BCUT2D eigenvalue weighted by Crippen LogP contribution is 2.49. The van der Waals surface area contributed by atoms with Crippen molar-refractivity contribution < 1.29 is 4.79 Å². The number of aromatic amines is 1. The lowest BCUT2D eigenvalue weighted by atomic mass is 10.0. The average molecular weight is 310 g/mol. The lowest BCUT2D eigenvalue weighted by Crippen LogP contribution is -2.37. The first kappa shape index (κ1) is 15.5. The second-order valence-electron chi connectivity index (χ2n) is 6.57. The molecule has 3 rings (SSSR count). The van der Waals surface area contributed by atoms with Crippen LogP contribution < -0.4 is 10.9 Å². The first-order chi connectivity index (χ1) is 11.0. The third kappa shape index (κ3) is 3.36. The summed E-state index contributed by atoms with van der Waals surface area (Å²) < 4.78 is 0. The number of nitrogens with one attached hydrogen (secondary N) is 2. The first-order valence-electron chi connectivity index (χ1n) is 8.03. The van der Waals surface area contributed by atoms with E-state index in [-0.39, 0.29) is 23.1 Å². The van der Waals surface area contributed by atoms with Crippen molar-refractivity contribution in [3.05, 3.63) is 69.1 Å². The van der Waals surface area contributed by atoms with Gasteiger partial charge in [0, 0.05) is 11.7 Å². The Morgan fingerprint density at radius 1 is 1.26 bits per heavy atom. The van der Waals surface area contributed by atoms with Gasteiger partial charge in [-0.1, -0.05) is 29.8 Å². The van der Waals surface area contributed by atoms with E-state index in [9.17, 15) is 9.59 Å². The highest BCUT2D eigenvalue weighted by Gasteiger charge is 2.42. The number of H-pyrrole nitrogens is 1. The smallest absolute Gasteiger partial charge is 0.260 e. The third-order valence-electron chi connectivity index (χ3n) is 4.61. The van der Waals surface area contributed by atoms with E-state index in [1.54, 1.807) is 19.1 Å². The molecule has 0 radical (unpaired) electrons. The Bertz CT molecular complexity index is 794. The van der Waals surface area contributed by atoms with Gasteiger partial charge >= 0.3 is 0 Å². The number of pyridine rings is 1. The number of hydrogen-bond acceptors (Lipinski definition) is 2. The van der Waals surface area contributed by atoms with Crippen molar-refractivity contribution >= 4 is 5.91 Å². The van der Waals surface area contributed by atoms with Crippen molar-refractivity contribution in [2.75, 3.05) is 0 Å². The molecule has 23 heavy (non-hydrogen) atoms. The van der Waals surface area contributed by atoms with Crippen LogP contribution in [0.3, 0.4) is 0 Å². The normalized spacial score (nSPS) is 20.8. The zero-order valence-corrected chi connectivity index (χ0v) is 13.7. The summed E-state index contributed by atoms with van der Waals surface area (Å²) in [6, 6.07) is 11.9. The molecule has 1 saturated carbocycles. The van der Waals surface area contributed by atoms with Crippen molar-refractivity contribution in [3.8, 4) is 0 Å². The summed E-state index contributed by atoms with van der Waals surface area (Å²) in [6.45, 7) is 5.90. The topological polar surface area (TPSA) is 62.0 Å². The molecule has 1 aromatic carbocycles. The second-order valence-corrected chi connectivity index (χ2v) is 6.57. The fraction of sp³-hybridized carbons (Fsp3) is 0.368. The van der Waals surface area contributed by atoms with Crippen LogP contribution in [0, 0.1) is 19.8 Å². The SMILES string of the molecule is Cc1cccc([C@@H]2C[C@H]2[C@H](C)NC(=O)c2ccc(C)[nH]c2=O)c1. The Balaban J connectivity index is 1.65. The summed E-state index contributed by atoms with van der Waals surface area (Å²) in [6.07, 6.45) is 1.08. The van der Waals surface area contributed by atoms with E-state index in [1.165, 1.54) is 11.1 Å². The molecule has 0 bridgehead atoms. The number of rotatable bonds is 4.